The molecule has 0 aromatic carbocycles. The van der Waals surface area contributed by atoms with Gasteiger partial charge in [0.1, 0.15) is 12.2 Å². The van der Waals surface area contributed by atoms with Crippen molar-refractivity contribution in [3.63, 3.8) is 0 Å². The van der Waals surface area contributed by atoms with Crippen LogP contribution in [0.25, 0.3) is 0 Å². The van der Waals surface area contributed by atoms with E-state index in [0.717, 1.165) is 24.7 Å². The van der Waals surface area contributed by atoms with E-state index in [-0.39, 0.29) is 11.6 Å². The smallest absolute Gasteiger partial charge is 0.138 e. The largest absolute Gasteiger partial charge is 0.326 e. The van der Waals surface area contributed by atoms with Gasteiger partial charge in [-0.2, -0.15) is 5.10 Å². The molecule has 0 radical (unpaired) electrons. The van der Waals surface area contributed by atoms with Gasteiger partial charge in [-0.25, -0.2) is 4.98 Å². The molecular formula is C15H29N5. The fraction of sp³-hybridized carbons (Fsp3) is 0.867. The van der Waals surface area contributed by atoms with Crippen LogP contribution < -0.4 is 5.73 Å². The quantitative estimate of drug-likeness (QED) is 0.891. The van der Waals surface area contributed by atoms with E-state index in [4.69, 9.17) is 5.73 Å². The normalized spacial score (nSPS) is 28.8. The topological polar surface area (TPSA) is 60.0 Å². The van der Waals surface area contributed by atoms with Crippen molar-refractivity contribution < 1.29 is 0 Å². The highest BCUT2D eigenvalue weighted by Gasteiger charge is 2.42. The first-order valence-electron chi connectivity index (χ1n) is 7.79. The highest BCUT2D eigenvalue weighted by Crippen LogP contribution is 2.38. The van der Waals surface area contributed by atoms with Gasteiger partial charge in [0.05, 0.1) is 0 Å². The molecule has 1 aliphatic rings. The minimum absolute atomic E-state index is 0.0994. The lowest BCUT2D eigenvalue weighted by atomic mass is 9.70. The molecule has 0 saturated heterocycles. The molecule has 0 aliphatic heterocycles. The van der Waals surface area contributed by atoms with Crippen LogP contribution in [0.2, 0.25) is 0 Å². The molecule has 1 aliphatic carbocycles. The van der Waals surface area contributed by atoms with Crippen LogP contribution in [0, 0.1) is 5.92 Å². The van der Waals surface area contributed by atoms with Gasteiger partial charge in [-0.3, -0.25) is 4.68 Å². The van der Waals surface area contributed by atoms with Crippen LogP contribution in [0.4, 0.5) is 0 Å². The number of hydrogen-bond acceptors (Lipinski definition) is 4. The summed E-state index contributed by atoms with van der Waals surface area (Å²) >= 11 is 0. The predicted molar refractivity (Wildman–Crippen MR) is 81.4 cm³/mol. The molecule has 2 rings (SSSR count). The average Bonchev–Trinajstić information content (AvgIpc) is 2.85. The van der Waals surface area contributed by atoms with Crippen LogP contribution in [0.1, 0.15) is 45.4 Å². The number of nitrogens with two attached hydrogens (primary N) is 1. The Labute approximate surface area is 122 Å². The van der Waals surface area contributed by atoms with Gasteiger partial charge in [-0.1, -0.05) is 19.8 Å². The maximum Gasteiger partial charge on any atom is 0.138 e. The van der Waals surface area contributed by atoms with Crippen molar-refractivity contribution in [2.75, 3.05) is 14.1 Å². The lowest BCUT2D eigenvalue weighted by molar-refractivity contribution is 0.0495. The van der Waals surface area contributed by atoms with Gasteiger partial charge in [0.15, 0.2) is 0 Å². The molecule has 1 aromatic heterocycles. The first kappa shape index (κ1) is 15.4. The molecule has 0 spiro atoms. The second-order valence-corrected chi connectivity index (χ2v) is 6.50. The van der Waals surface area contributed by atoms with Crippen molar-refractivity contribution in [2.45, 2.75) is 64.1 Å². The van der Waals surface area contributed by atoms with Gasteiger partial charge in [-0.15, -0.1) is 0 Å². The van der Waals surface area contributed by atoms with E-state index in [0.29, 0.717) is 0 Å². The lowest BCUT2D eigenvalue weighted by Gasteiger charge is -2.49. The molecule has 0 amide bonds. The van der Waals surface area contributed by atoms with E-state index in [1.165, 1.54) is 25.7 Å². The molecule has 20 heavy (non-hydrogen) atoms. The van der Waals surface area contributed by atoms with Crippen LogP contribution in [0.3, 0.4) is 0 Å². The third-order valence-electron chi connectivity index (χ3n) is 4.99. The summed E-state index contributed by atoms with van der Waals surface area (Å²) in [5.41, 5.74) is 6.74. The summed E-state index contributed by atoms with van der Waals surface area (Å²) in [6.45, 7) is 5.29. The minimum atomic E-state index is 0.0994. The third kappa shape index (κ3) is 2.88. The summed E-state index contributed by atoms with van der Waals surface area (Å²) in [4.78, 5) is 6.73. The molecule has 1 saturated carbocycles. The van der Waals surface area contributed by atoms with Crippen LogP contribution in [0.5, 0.6) is 0 Å². The van der Waals surface area contributed by atoms with E-state index < -0.39 is 0 Å². The van der Waals surface area contributed by atoms with E-state index in [9.17, 15) is 0 Å². The highest BCUT2D eigenvalue weighted by molar-refractivity contribution is 5.04. The minimum Gasteiger partial charge on any atom is -0.326 e. The van der Waals surface area contributed by atoms with Crippen molar-refractivity contribution in [3.05, 3.63) is 12.2 Å². The van der Waals surface area contributed by atoms with Crippen LogP contribution in [-0.4, -0.2) is 45.3 Å². The average molecular weight is 279 g/mol. The maximum absolute atomic E-state index is 6.64. The zero-order valence-corrected chi connectivity index (χ0v) is 13.3. The first-order valence-corrected chi connectivity index (χ1v) is 7.79. The summed E-state index contributed by atoms with van der Waals surface area (Å²) in [6.07, 6.45) is 7.41. The lowest BCUT2D eigenvalue weighted by Crippen LogP contribution is -2.60. The van der Waals surface area contributed by atoms with Crippen molar-refractivity contribution in [1.82, 2.24) is 19.7 Å². The molecule has 2 N–H and O–H groups in total. The predicted octanol–water partition coefficient (Wildman–Crippen LogP) is 1.68. The summed E-state index contributed by atoms with van der Waals surface area (Å²) in [7, 11) is 4.34. The van der Waals surface area contributed by atoms with Gasteiger partial charge in [0.2, 0.25) is 0 Å². The zero-order valence-electron chi connectivity index (χ0n) is 13.3. The molecule has 1 aromatic rings. The number of likely N-dealkylation sites (N-methyl/N-ethyl adjacent to an activating group) is 1. The van der Waals surface area contributed by atoms with Gasteiger partial charge < -0.3 is 10.6 Å². The van der Waals surface area contributed by atoms with Gasteiger partial charge in [-0.05, 0) is 39.8 Å². The summed E-state index contributed by atoms with van der Waals surface area (Å²) in [5.74, 6) is 1.76. The Balaban J connectivity index is 2.17. The highest BCUT2D eigenvalue weighted by atomic mass is 15.3. The fourth-order valence-electron chi connectivity index (χ4n) is 3.74. The van der Waals surface area contributed by atoms with Gasteiger partial charge in [0.25, 0.3) is 0 Å². The summed E-state index contributed by atoms with van der Waals surface area (Å²) < 4.78 is 1.95. The van der Waals surface area contributed by atoms with Crippen LogP contribution >= 0.6 is 0 Å². The molecule has 3 unspecified atom stereocenters. The molecule has 1 fully saturated rings. The zero-order chi connectivity index (χ0) is 14.8. The van der Waals surface area contributed by atoms with Crippen molar-refractivity contribution in [2.24, 2.45) is 11.7 Å². The standard InChI is InChI=1S/C15H29N5/c1-5-20-14(17-11-18-20)9-13(16)15(19(3)4)8-6-7-12(2)10-15/h11-13H,5-10,16H2,1-4H3. The van der Waals surface area contributed by atoms with E-state index in [1.807, 2.05) is 4.68 Å². The van der Waals surface area contributed by atoms with Crippen molar-refractivity contribution >= 4 is 0 Å². The molecule has 5 heteroatoms. The Morgan fingerprint density at radius 2 is 2.30 bits per heavy atom. The molecule has 0 bridgehead atoms. The number of aryl methyl sites for hydroxylation is 1. The van der Waals surface area contributed by atoms with E-state index in [2.05, 4.69) is 42.9 Å². The van der Waals surface area contributed by atoms with Crippen LogP contribution in [-0.2, 0) is 13.0 Å². The maximum atomic E-state index is 6.64. The molecule has 5 nitrogen and oxygen atoms in total. The van der Waals surface area contributed by atoms with E-state index >= 15 is 0 Å². The number of hydrogen-bond donors (Lipinski definition) is 1. The van der Waals surface area contributed by atoms with Crippen molar-refractivity contribution in [3.8, 4) is 0 Å². The Morgan fingerprint density at radius 3 is 2.90 bits per heavy atom. The molecule has 3 atom stereocenters. The fourth-order valence-corrected chi connectivity index (χ4v) is 3.74. The summed E-state index contributed by atoms with van der Waals surface area (Å²) in [6, 6.07) is 0.106. The SMILES string of the molecule is CCn1ncnc1CC(N)C1(N(C)C)CCCC(C)C1. The molecule has 1 heterocycles. The van der Waals surface area contributed by atoms with Gasteiger partial charge >= 0.3 is 0 Å². The van der Waals surface area contributed by atoms with Crippen molar-refractivity contribution in [1.29, 1.82) is 0 Å². The number of rotatable bonds is 5. The Hall–Kier alpha value is -0.940. The third-order valence-corrected chi connectivity index (χ3v) is 4.99. The Bertz CT molecular complexity index is 428. The first-order chi connectivity index (χ1) is 9.49. The monoisotopic (exact) mass is 279 g/mol. The Morgan fingerprint density at radius 1 is 1.55 bits per heavy atom. The number of aromatic nitrogens is 3. The Kier molecular flexibility index (Phi) is 4.81. The molecular weight excluding hydrogens is 250 g/mol. The summed E-state index contributed by atoms with van der Waals surface area (Å²) in [5, 5.41) is 4.25. The molecule has 114 valence electrons. The number of nitrogens with zero attached hydrogens (tertiary/aromatic N) is 4. The van der Waals surface area contributed by atoms with Gasteiger partial charge in [0, 0.05) is 24.5 Å². The second-order valence-electron chi connectivity index (χ2n) is 6.50. The second kappa shape index (κ2) is 6.22. The van der Waals surface area contributed by atoms with E-state index in [1.54, 1.807) is 6.33 Å². The van der Waals surface area contributed by atoms with Crippen LogP contribution in [0.15, 0.2) is 6.33 Å².